The molecule has 7 heteroatoms. The van der Waals surface area contributed by atoms with Gasteiger partial charge in [-0.05, 0) is 62.1 Å². The summed E-state index contributed by atoms with van der Waals surface area (Å²) < 4.78 is 27.2. The van der Waals surface area contributed by atoms with E-state index in [9.17, 15) is 13.2 Å². The minimum absolute atomic E-state index is 0.0355. The van der Waals surface area contributed by atoms with Crippen molar-refractivity contribution in [2.75, 3.05) is 19.6 Å². The number of amides is 1. The van der Waals surface area contributed by atoms with Crippen molar-refractivity contribution in [3.8, 4) is 0 Å². The molecule has 0 saturated carbocycles. The Hall–Kier alpha value is -1.70. The number of benzene rings is 1. The van der Waals surface area contributed by atoms with Crippen LogP contribution < -0.4 is 5.32 Å². The van der Waals surface area contributed by atoms with Crippen LogP contribution in [0.3, 0.4) is 0 Å². The lowest BCUT2D eigenvalue weighted by Gasteiger charge is -2.30. The third-order valence-corrected chi connectivity index (χ3v) is 8.50. The largest absolute Gasteiger partial charge is 0.356 e. The Morgan fingerprint density at radius 1 is 1.29 bits per heavy atom. The van der Waals surface area contributed by atoms with Crippen molar-refractivity contribution in [1.29, 1.82) is 0 Å². The van der Waals surface area contributed by atoms with Gasteiger partial charge >= 0.3 is 0 Å². The minimum Gasteiger partial charge on any atom is -0.356 e. The molecule has 0 unspecified atom stereocenters. The number of thiophene rings is 1. The van der Waals surface area contributed by atoms with E-state index in [1.165, 1.54) is 32.3 Å². The second-order valence-corrected chi connectivity index (χ2v) is 10.6. The lowest BCUT2D eigenvalue weighted by atomic mass is 9.98. The molecule has 5 nitrogen and oxygen atoms in total. The molecule has 1 saturated heterocycles. The molecule has 1 atom stereocenters. The van der Waals surface area contributed by atoms with Crippen LogP contribution in [0.1, 0.15) is 36.0 Å². The zero-order valence-corrected chi connectivity index (χ0v) is 18.1. The summed E-state index contributed by atoms with van der Waals surface area (Å²) >= 11 is 1.22. The normalized spacial score (nSPS) is 18.1. The summed E-state index contributed by atoms with van der Waals surface area (Å²) in [5.74, 6) is -0.309. The molecule has 1 fully saturated rings. The highest BCUT2D eigenvalue weighted by Gasteiger charge is 2.33. The Bertz CT molecular complexity index is 908. The third kappa shape index (κ3) is 5.01. The van der Waals surface area contributed by atoms with Crippen LogP contribution in [0.15, 0.2) is 39.9 Å². The average Bonchev–Trinajstić information content (AvgIpc) is 3.22. The molecular formula is C21H28N2O3S2. The fraction of sp³-hybridized carbons (Fsp3) is 0.476. The summed E-state index contributed by atoms with van der Waals surface area (Å²) in [6.45, 7) is 5.56. The molecule has 1 amide bonds. The minimum atomic E-state index is -3.48. The number of piperidine rings is 1. The molecule has 1 N–H and O–H groups in total. The van der Waals surface area contributed by atoms with E-state index in [-0.39, 0.29) is 18.4 Å². The monoisotopic (exact) mass is 420 g/mol. The average molecular weight is 421 g/mol. The molecule has 152 valence electrons. The molecule has 3 rings (SSSR count). The number of hydrogen-bond donors (Lipinski definition) is 1. The Kier molecular flexibility index (Phi) is 6.91. The van der Waals surface area contributed by atoms with Crippen molar-refractivity contribution < 1.29 is 13.2 Å². The van der Waals surface area contributed by atoms with Gasteiger partial charge in [-0.25, -0.2) is 8.42 Å². The van der Waals surface area contributed by atoms with Crippen LogP contribution in [-0.4, -0.2) is 38.3 Å². The summed E-state index contributed by atoms with van der Waals surface area (Å²) in [5, 5.41) is 4.76. The fourth-order valence-corrected chi connectivity index (χ4v) is 6.34. The van der Waals surface area contributed by atoms with Crippen molar-refractivity contribution in [2.45, 2.75) is 43.7 Å². The Balaban J connectivity index is 1.49. The first-order chi connectivity index (χ1) is 13.4. The lowest BCUT2D eigenvalue weighted by molar-refractivity contribution is -0.126. The third-order valence-electron chi connectivity index (χ3n) is 5.26. The van der Waals surface area contributed by atoms with Crippen LogP contribution in [0, 0.1) is 19.8 Å². The van der Waals surface area contributed by atoms with E-state index in [1.54, 1.807) is 17.5 Å². The zero-order chi connectivity index (χ0) is 20.1. The standard InChI is InChI=1S/C21H28N2O3S2/c1-16-9-10-18(17(2)14-16)6-3-11-22-21(24)19-7-4-12-23(15-19)28(25,26)20-8-5-13-27-20/h5,8-10,13-14,19H,3-4,6-7,11-12,15H2,1-2H3,(H,22,24)/t19-/m1/s1. The summed E-state index contributed by atoms with van der Waals surface area (Å²) in [7, 11) is -3.48. The SMILES string of the molecule is Cc1ccc(CCCNC(=O)[C@@H]2CCCN(S(=O)(=O)c3cccs3)C2)c(C)c1. The van der Waals surface area contributed by atoms with Crippen LogP contribution in [-0.2, 0) is 21.2 Å². The van der Waals surface area contributed by atoms with Crippen LogP contribution in [0.4, 0.5) is 0 Å². The van der Waals surface area contributed by atoms with Gasteiger partial charge in [-0.2, -0.15) is 4.31 Å². The molecule has 0 spiro atoms. The number of sulfonamides is 1. The lowest BCUT2D eigenvalue weighted by Crippen LogP contribution is -2.45. The smallest absolute Gasteiger partial charge is 0.252 e. The fourth-order valence-electron chi connectivity index (χ4n) is 3.67. The van der Waals surface area contributed by atoms with Gasteiger partial charge in [-0.1, -0.05) is 29.8 Å². The van der Waals surface area contributed by atoms with Gasteiger partial charge in [0.15, 0.2) is 0 Å². The van der Waals surface area contributed by atoms with Crippen LogP contribution in [0.2, 0.25) is 0 Å². The topological polar surface area (TPSA) is 66.5 Å². The van der Waals surface area contributed by atoms with Gasteiger partial charge in [-0.3, -0.25) is 4.79 Å². The molecule has 0 bridgehead atoms. The van der Waals surface area contributed by atoms with Crippen molar-refractivity contribution >= 4 is 27.3 Å². The zero-order valence-electron chi connectivity index (χ0n) is 16.5. The van der Waals surface area contributed by atoms with Gasteiger partial charge in [-0.15, -0.1) is 11.3 Å². The molecule has 2 heterocycles. The molecule has 28 heavy (non-hydrogen) atoms. The second-order valence-electron chi connectivity index (χ2n) is 7.46. The van der Waals surface area contributed by atoms with E-state index in [0.717, 1.165) is 19.3 Å². The van der Waals surface area contributed by atoms with Gasteiger partial charge < -0.3 is 5.32 Å². The summed E-state index contributed by atoms with van der Waals surface area (Å²) in [6, 6.07) is 9.81. The van der Waals surface area contributed by atoms with Crippen molar-refractivity contribution in [3.63, 3.8) is 0 Å². The second kappa shape index (κ2) is 9.20. The van der Waals surface area contributed by atoms with E-state index in [1.807, 2.05) is 0 Å². The van der Waals surface area contributed by atoms with Gasteiger partial charge in [0.1, 0.15) is 4.21 Å². The quantitative estimate of drug-likeness (QED) is 0.697. The molecule has 0 aliphatic carbocycles. The van der Waals surface area contributed by atoms with Crippen molar-refractivity contribution in [3.05, 3.63) is 52.4 Å². The van der Waals surface area contributed by atoms with Gasteiger partial charge in [0.05, 0.1) is 5.92 Å². The van der Waals surface area contributed by atoms with Gasteiger partial charge in [0.2, 0.25) is 5.91 Å². The predicted molar refractivity (Wildman–Crippen MR) is 113 cm³/mol. The van der Waals surface area contributed by atoms with Crippen LogP contribution in [0.25, 0.3) is 0 Å². The molecular weight excluding hydrogens is 392 g/mol. The van der Waals surface area contributed by atoms with Crippen molar-refractivity contribution in [2.24, 2.45) is 5.92 Å². The molecule has 1 aliphatic heterocycles. The first-order valence-corrected chi connectivity index (χ1v) is 12.1. The first-order valence-electron chi connectivity index (χ1n) is 9.75. The maximum absolute atomic E-state index is 12.7. The molecule has 1 aromatic heterocycles. The van der Waals surface area contributed by atoms with Crippen LogP contribution in [0.5, 0.6) is 0 Å². The Morgan fingerprint density at radius 2 is 2.11 bits per heavy atom. The predicted octanol–water partition coefficient (Wildman–Crippen LogP) is 3.51. The number of nitrogens with zero attached hydrogens (tertiary/aromatic N) is 1. The van der Waals surface area contributed by atoms with Crippen molar-refractivity contribution in [1.82, 2.24) is 9.62 Å². The number of hydrogen-bond acceptors (Lipinski definition) is 4. The highest BCUT2D eigenvalue weighted by molar-refractivity contribution is 7.91. The van der Waals surface area contributed by atoms with Gasteiger partial charge in [0, 0.05) is 19.6 Å². The number of aryl methyl sites for hydroxylation is 3. The van der Waals surface area contributed by atoms with E-state index in [0.29, 0.717) is 23.7 Å². The number of nitrogens with one attached hydrogen (secondary N) is 1. The molecule has 0 radical (unpaired) electrons. The highest BCUT2D eigenvalue weighted by atomic mass is 32.2. The first kappa shape index (κ1) is 21.0. The van der Waals surface area contributed by atoms with E-state index < -0.39 is 10.0 Å². The van der Waals surface area contributed by atoms with E-state index in [4.69, 9.17) is 0 Å². The molecule has 2 aromatic rings. The maximum Gasteiger partial charge on any atom is 0.252 e. The number of carbonyl (C=O) groups is 1. The highest BCUT2D eigenvalue weighted by Crippen LogP contribution is 2.26. The Labute approximate surface area is 171 Å². The van der Waals surface area contributed by atoms with E-state index >= 15 is 0 Å². The summed E-state index contributed by atoms with van der Waals surface area (Å²) in [6.07, 6.45) is 3.25. The van der Waals surface area contributed by atoms with Crippen LogP contribution >= 0.6 is 11.3 Å². The molecule has 1 aromatic carbocycles. The number of carbonyl (C=O) groups excluding carboxylic acids is 1. The number of rotatable bonds is 7. The Morgan fingerprint density at radius 3 is 2.82 bits per heavy atom. The summed E-state index contributed by atoms with van der Waals surface area (Å²) in [5.41, 5.74) is 3.85. The maximum atomic E-state index is 12.7. The van der Waals surface area contributed by atoms with Gasteiger partial charge in [0.25, 0.3) is 10.0 Å². The molecule has 1 aliphatic rings. The van der Waals surface area contributed by atoms with E-state index in [2.05, 4.69) is 37.4 Å². The summed E-state index contributed by atoms with van der Waals surface area (Å²) in [4.78, 5) is 12.6.